The summed E-state index contributed by atoms with van der Waals surface area (Å²) in [5.41, 5.74) is 3.34. The van der Waals surface area contributed by atoms with Crippen LogP contribution in [0, 0.1) is 0 Å². The fraction of sp³-hybridized carbons (Fsp3) is 0.381. The standard InChI is InChI=1S/C21H24N2O3S/c1-16(24)17-6-9-19(10-7-17)27(25,26)23-14-12-22(13-15-23)21-11-8-18-4-2-3-5-20(18)21/h2-7,9-10,21H,8,11-15H2,1H3. The maximum absolute atomic E-state index is 12.9. The first-order valence-corrected chi connectivity index (χ1v) is 10.8. The number of Topliss-reactive ketones (excluding diaryl/α,β-unsaturated/α-hetero) is 1. The van der Waals surface area contributed by atoms with Gasteiger partial charge in [-0.15, -0.1) is 0 Å². The van der Waals surface area contributed by atoms with Gasteiger partial charge in [0.25, 0.3) is 0 Å². The maximum atomic E-state index is 12.9. The first kappa shape index (κ1) is 18.3. The van der Waals surface area contributed by atoms with Crippen LogP contribution in [-0.2, 0) is 16.4 Å². The molecule has 1 heterocycles. The predicted octanol–water partition coefficient (Wildman–Crippen LogP) is 2.88. The van der Waals surface area contributed by atoms with Gasteiger partial charge in [0.1, 0.15) is 0 Å². The summed E-state index contributed by atoms with van der Waals surface area (Å²) >= 11 is 0. The van der Waals surface area contributed by atoms with E-state index >= 15 is 0 Å². The van der Waals surface area contributed by atoms with Gasteiger partial charge < -0.3 is 0 Å². The van der Waals surface area contributed by atoms with Crippen molar-refractivity contribution in [2.24, 2.45) is 0 Å². The molecule has 2 aliphatic rings. The van der Waals surface area contributed by atoms with Crippen molar-refractivity contribution in [3.63, 3.8) is 0 Å². The molecule has 6 heteroatoms. The largest absolute Gasteiger partial charge is 0.295 e. The van der Waals surface area contributed by atoms with Crippen LogP contribution in [0.5, 0.6) is 0 Å². The number of benzene rings is 2. The normalized spacial score (nSPS) is 21.1. The number of carbonyl (C=O) groups is 1. The first-order chi connectivity index (χ1) is 13.0. The molecule has 0 saturated carbocycles. The van der Waals surface area contributed by atoms with Gasteiger partial charge >= 0.3 is 0 Å². The molecule has 1 unspecified atom stereocenters. The van der Waals surface area contributed by atoms with Gasteiger partial charge in [0.15, 0.2) is 5.78 Å². The number of hydrogen-bond acceptors (Lipinski definition) is 4. The van der Waals surface area contributed by atoms with E-state index in [0.29, 0.717) is 24.7 Å². The van der Waals surface area contributed by atoms with Crippen LogP contribution in [0.2, 0.25) is 0 Å². The summed E-state index contributed by atoms with van der Waals surface area (Å²) in [6.07, 6.45) is 2.21. The van der Waals surface area contributed by atoms with Crippen LogP contribution in [0.1, 0.15) is 40.9 Å². The molecule has 27 heavy (non-hydrogen) atoms. The second-order valence-electron chi connectivity index (χ2n) is 7.27. The minimum atomic E-state index is -3.52. The highest BCUT2D eigenvalue weighted by Gasteiger charge is 2.33. The van der Waals surface area contributed by atoms with Crippen LogP contribution in [0.25, 0.3) is 0 Å². The van der Waals surface area contributed by atoms with Gasteiger partial charge in [0, 0.05) is 37.8 Å². The zero-order valence-corrected chi connectivity index (χ0v) is 16.3. The molecule has 0 bridgehead atoms. The van der Waals surface area contributed by atoms with Crippen LogP contribution in [0.3, 0.4) is 0 Å². The number of fused-ring (bicyclic) bond motifs is 1. The van der Waals surface area contributed by atoms with Gasteiger partial charge in [-0.3, -0.25) is 9.69 Å². The Kier molecular flexibility index (Phi) is 4.88. The van der Waals surface area contributed by atoms with E-state index in [-0.39, 0.29) is 10.7 Å². The molecule has 1 atom stereocenters. The maximum Gasteiger partial charge on any atom is 0.243 e. The van der Waals surface area contributed by atoms with E-state index in [2.05, 4.69) is 29.2 Å². The molecule has 2 aromatic rings. The Morgan fingerprint density at radius 1 is 0.963 bits per heavy atom. The van der Waals surface area contributed by atoms with Gasteiger partial charge in [-0.25, -0.2) is 8.42 Å². The summed E-state index contributed by atoms with van der Waals surface area (Å²) in [6.45, 7) is 3.95. The summed E-state index contributed by atoms with van der Waals surface area (Å²) in [4.78, 5) is 14.1. The van der Waals surface area contributed by atoms with Crippen molar-refractivity contribution < 1.29 is 13.2 Å². The highest BCUT2D eigenvalue weighted by molar-refractivity contribution is 7.89. The van der Waals surface area contributed by atoms with E-state index in [4.69, 9.17) is 0 Å². The van der Waals surface area contributed by atoms with Crippen LogP contribution < -0.4 is 0 Å². The van der Waals surface area contributed by atoms with Crippen molar-refractivity contribution in [3.05, 3.63) is 65.2 Å². The lowest BCUT2D eigenvalue weighted by Crippen LogP contribution is -2.49. The molecule has 2 aromatic carbocycles. The Morgan fingerprint density at radius 3 is 2.30 bits per heavy atom. The van der Waals surface area contributed by atoms with Crippen molar-refractivity contribution in [1.82, 2.24) is 9.21 Å². The van der Waals surface area contributed by atoms with E-state index in [9.17, 15) is 13.2 Å². The fourth-order valence-electron chi connectivity index (χ4n) is 4.18. The lowest BCUT2D eigenvalue weighted by Gasteiger charge is -2.37. The van der Waals surface area contributed by atoms with Crippen molar-refractivity contribution in [1.29, 1.82) is 0 Å². The molecular formula is C21H24N2O3S. The van der Waals surface area contributed by atoms with Crippen LogP contribution in [0.4, 0.5) is 0 Å². The number of ketones is 1. The number of carbonyl (C=O) groups excluding carboxylic acids is 1. The van der Waals surface area contributed by atoms with E-state index in [1.54, 1.807) is 16.4 Å². The smallest absolute Gasteiger partial charge is 0.243 e. The average molecular weight is 385 g/mol. The quantitative estimate of drug-likeness (QED) is 0.761. The van der Waals surface area contributed by atoms with Gasteiger partial charge in [0.2, 0.25) is 10.0 Å². The lowest BCUT2D eigenvalue weighted by molar-refractivity contribution is 0.101. The second kappa shape index (κ2) is 7.19. The Balaban J connectivity index is 1.45. The summed E-state index contributed by atoms with van der Waals surface area (Å²) in [6, 6.07) is 15.2. The Hall–Kier alpha value is -2.02. The van der Waals surface area contributed by atoms with Gasteiger partial charge in [0.05, 0.1) is 4.90 Å². The van der Waals surface area contributed by atoms with Crippen molar-refractivity contribution in [3.8, 4) is 0 Å². The molecule has 1 aliphatic heterocycles. The molecule has 1 fully saturated rings. The average Bonchev–Trinajstić information content (AvgIpc) is 3.12. The molecular weight excluding hydrogens is 360 g/mol. The topological polar surface area (TPSA) is 57.7 Å². The highest BCUT2D eigenvalue weighted by atomic mass is 32.2. The lowest BCUT2D eigenvalue weighted by atomic mass is 10.1. The number of nitrogens with zero attached hydrogens (tertiary/aromatic N) is 2. The summed E-state index contributed by atoms with van der Waals surface area (Å²) in [7, 11) is -3.52. The number of hydrogen-bond donors (Lipinski definition) is 0. The molecule has 0 radical (unpaired) electrons. The fourth-order valence-corrected chi connectivity index (χ4v) is 5.60. The number of sulfonamides is 1. The van der Waals surface area contributed by atoms with E-state index in [1.165, 1.54) is 30.2 Å². The molecule has 0 N–H and O–H groups in total. The summed E-state index contributed by atoms with van der Waals surface area (Å²) < 4.78 is 27.4. The third kappa shape index (κ3) is 3.45. The molecule has 4 rings (SSSR count). The molecule has 0 aromatic heterocycles. The molecule has 1 saturated heterocycles. The molecule has 0 spiro atoms. The minimum Gasteiger partial charge on any atom is -0.295 e. The number of piperazine rings is 1. The number of aryl methyl sites for hydroxylation is 1. The third-order valence-corrected chi connectivity index (χ3v) is 7.63. The van der Waals surface area contributed by atoms with Crippen molar-refractivity contribution in [2.75, 3.05) is 26.2 Å². The first-order valence-electron chi connectivity index (χ1n) is 9.40. The molecule has 1 aliphatic carbocycles. The Bertz CT molecular complexity index is 946. The Morgan fingerprint density at radius 2 is 1.63 bits per heavy atom. The van der Waals surface area contributed by atoms with Crippen LogP contribution >= 0.6 is 0 Å². The monoisotopic (exact) mass is 384 g/mol. The van der Waals surface area contributed by atoms with Crippen LogP contribution in [-0.4, -0.2) is 49.6 Å². The predicted molar refractivity (Wildman–Crippen MR) is 104 cm³/mol. The highest BCUT2D eigenvalue weighted by Crippen LogP contribution is 2.36. The molecule has 142 valence electrons. The second-order valence-corrected chi connectivity index (χ2v) is 9.21. The van der Waals surface area contributed by atoms with E-state index < -0.39 is 10.0 Å². The van der Waals surface area contributed by atoms with E-state index in [1.807, 2.05) is 0 Å². The molecule has 5 nitrogen and oxygen atoms in total. The third-order valence-electron chi connectivity index (χ3n) is 5.71. The van der Waals surface area contributed by atoms with Gasteiger partial charge in [-0.2, -0.15) is 4.31 Å². The van der Waals surface area contributed by atoms with E-state index in [0.717, 1.165) is 25.9 Å². The van der Waals surface area contributed by atoms with Gasteiger partial charge in [-0.1, -0.05) is 36.4 Å². The Labute approximate surface area is 160 Å². The van der Waals surface area contributed by atoms with Crippen molar-refractivity contribution >= 4 is 15.8 Å². The van der Waals surface area contributed by atoms with Gasteiger partial charge in [-0.05, 0) is 43.0 Å². The van der Waals surface area contributed by atoms with Crippen molar-refractivity contribution in [2.45, 2.75) is 30.7 Å². The summed E-state index contributed by atoms with van der Waals surface area (Å²) in [5.74, 6) is -0.0654. The zero-order valence-electron chi connectivity index (χ0n) is 15.5. The number of rotatable bonds is 4. The van der Waals surface area contributed by atoms with Crippen LogP contribution in [0.15, 0.2) is 53.4 Å². The molecule has 0 amide bonds. The minimum absolute atomic E-state index is 0.0654. The SMILES string of the molecule is CC(=O)c1ccc(S(=O)(=O)N2CCN(C3CCc4ccccc43)CC2)cc1. The zero-order chi connectivity index (χ0) is 19.0. The summed E-state index contributed by atoms with van der Waals surface area (Å²) in [5, 5.41) is 0.